The lowest BCUT2D eigenvalue weighted by Gasteiger charge is -2.15. The van der Waals surface area contributed by atoms with Crippen molar-refractivity contribution in [3.05, 3.63) is 24.3 Å². The molecular weight excluding hydrogens is 353 g/mol. The first-order valence-corrected chi connectivity index (χ1v) is 9.22. The van der Waals surface area contributed by atoms with Gasteiger partial charge in [-0.2, -0.15) is 17.5 Å². The van der Waals surface area contributed by atoms with Crippen LogP contribution < -0.4 is 5.32 Å². The molecule has 1 heterocycles. The number of amides is 1. The molecule has 1 amide bonds. The first-order chi connectivity index (χ1) is 10.7. The van der Waals surface area contributed by atoms with Crippen molar-refractivity contribution in [3.8, 4) is 0 Å². The molecule has 0 spiro atoms. The fourth-order valence-electron chi connectivity index (χ4n) is 2.13. The average Bonchev–Trinajstić information content (AvgIpc) is 3.00. The van der Waals surface area contributed by atoms with Crippen molar-refractivity contribution >= 4 is 33.4 Å². The second kappa shape index (κ2) is 7.10. The number of anilines is 1. The third-order valence-electron chi connectivity index (χ3n) is 3.21. The lowest BCUT2D eigenvalue weighted by Crippen LogP contribution is -2.27. The smallest absolute Gasteiger partial charge is 0.325 e. The molecule has 1 saturated heterocycles. The molecule has 1 fully saturated rings. The van der Waals surface area contributed by atoms with E-state index >= 15 is 0 Å². The number of thioether (sulfide) groups is 1. The maximum absolute atomic E-state index is 12.3. The van der Waals surface area contributed by atoms with E-state index in [0.717, 1.165) is 12.8 Å². The van der Waals surface area contributed by atoms with E-state index in [2.05, 4.69) is 5.32 Å². The van der Waals surface area contributed by atoms with E-state index in [1.807, 2.05) is 0 Å². The second-order valence-electron chi connectivity index (χ2n) is 4.92. The molecule has 23 heavy (non-hydrogen) atoms. The molecule has 0 atom stereocenters. The summed E-state index contributed by atoms with van der Waals surface area (Å²) in [5, 5.41) is 2.29. The molecule has 1 aromatic carbocycles. The summed E-state index contributed by atoms with van der Waals surface area (Å²) in [5.74, 6) is -1.56. The average molecular weight is 368 g/mol. The number of nitrogens with one attached hydrogen (secondary N) is 1. The molecule has 0 aliphatic carbocycles. The summed E-state index contributed by atoms with van der Waals surface area (Å²) in [6.07, 6.45) is 1.65. The fourth-order valence-corrected chi connectivity index (χ4v) is 4.02. The Balaban J connectivity index is 1.98. The minimum absolute atomic E-state index is 0.0991. The van der Waals surface area contributed by atoms with Crippen molar-refractivity contribution in [1.82, 2.24) is 4.31 Å². The Morgan fingerprint density at radius 1 is 1.17 bits per heavy atom. The van der Waals surface area contributed by atoms with Crippen LogP contribution in [0, 0.1) is 0 Å². The molecule has 128 valence electrons. The topological polar surface area (TPSA) is 66.5 Å². The van der Waals surface area contributed by atoms with Gasteiger partial charge in [-0.15, -0.1) is 0 Å². The van der Waals surface area contributed by atoms with Gasteiger partial charge in [-0.3, -0.25) is 4.79 Å². The van der Waals surface area contributed by atoms with Gasteiger partial charge in [0.25, 0.3) is 0 Å². The number of alkyl halides is 3. The second-order valence-corrected chi connectivity index (χ2v) is 7.90. The molecule has 0 bridgehead atoms. The summed E-state index contributed by atoms with van der Waals surface area (Å²) in [7, 11) is -3.55. The Morgan fingerprint density at radius 3 is 2.26 bits per heavy atom. The van der Waals surface area contributed by atoms with E-state index in [1.165, 1.54) is 28.6 Å². The standard InChI is InChI=1S/C13H15F3N2O3S2/c14-13(15,16)22-9-12(19)17-10-3-5-11(6-4-10)23(20,21)18-7-1-2-8-18/h3-6H,1-2,7-9H2,(H,17,19). The van der Waals surface area contributed by atoms with Gasteiger partial charge in [-0.25, -0.2) is 8.42 Å². The summed E-state index contributed by atoms with van der Waals surface area (Å²) >= 11 is -0.429. The zero-order valence-electron chi connectivity index (χ0n) is 12.0. The summed E-state index contributed by atoms with van der Waals surface area (Å²) in [6, 6.07) is 5.39. The number of carbonyl (C=O) groups is 1. The molecule has 0 aromatic heterocycles. The van der Waals surface area contributed by atoms with E-state index in [1.54, 1.807) is 0 Å². The first-order valence-electron chi connectivity index (χ1n) is 6.79. The van der Waals surface area contributed by atoms with Crippen LogP contribution in [0.15, 0.2) is 29.2 Å². The summed E-state index contributed by atoms with van der Waals surface area (Å²) in [6.45, 7) is 0.963. The number of hydrogen-bond acceptors (Lipinski definition) is 4. The Bertz CT molecular complexity index is 654. The predicted octanol–water partition coefficient (Wildman–Crippen LogP) is 2.66. The van der Waals surface area contributed by atoms with E-state index in [-0.39, 0.29) is 10.6 Å². The molecule has 1 aliphatic rings. The van der Waals surface area contributed by atoms with Gasteiger partial charge in [0, 0.05) is 18.8 Å². The number of sulfonamides is 1. The van der Waals surface area contributed by atoms with Crippen molar-refractivity contribution in [1.29, 1.82) is 0 Å². The van der Waals surface area contributed by atoms with Gasteiger partial charge in [0.05, 0.1) is 10.6 Å². The number of benzene rings is 1. The van der Waals surface area contributed by atoms with Crippen LogP contribution in [0.25, 0.3) is 0 Å². The van der Waals surface area contributed by atoms with Crippen molar-refractivity contribution in [3.63, 3.8) is 0 Å². The normalized spacial score (nSPS) is 16.5. The number of halogens is 3. The molecular formula is C13H15F3N2O3S2. The van der Waals surface area contributed by atoms with Crippen LogP contribution >= 0.6 is 11.8 Å². The third-order valence-corrected chi connectivity index (χ3v) is 5.85. The van der Waals surface area contributed by atoms with Crippen molar-refractivity contribution in [2.24, 2.45) is 0 Å². The molecule has 1 aliphatic heterocycles. The quantitative estimate of drug-likeness (QED) is 0.868. The van der Waals surface area contributed by atoms with Gasteiger partial charge >= 0.3 is 5.51 Å². The zero-order valence-corrected chi connectivity index (χ0v) is 13.6. The van der Waals surface area contributed by atoms with Crippen LogP contribution in [-0.2, 0) is 14.8 Å². The molecule has 1 N–H and O–H groups in total. The number of hydrogen-bond donors (Lipinski definition) is 1. The van der Waals surface area contributed by atoms with E-state index in [9.17, 15) is 26.4 Å². The van der Waals surface area contributed by atoms with Gasteiger partial charge in [0.2, 0.25) is 15.9 Å². The Hall–Kier alpha value is -1.26. The Kier molecular flexibility index (Phi) is 5.58. The van der Waals surface area contributed by atoms with Crippen LogP contribution in [0.2, 0.25) is 0 Å². The molecule has 5 nitrogen and oxygen atoms in total. The molecule has 1 aromatic rings. The lowest BCUT2D eigenvalue weighted by molar-refractivity contribution is -0.114. The zero-order chi connectivity index (χ0) is 17.1. The highest BCUT2D eigenvalue weighted by Crippen LogP contribution is 2.30. The molecule has 10 heteroatoms. The highest BCUT2D eigenvalue weighted by molar-refractivity contribution is 8.00. The van der Waals surface area contributed by atoms with Crippen LogP contribution in [0.1, 0.15) is 12.8 Å². The van der Waals surface area contributed by atoms with Crippen LogP contribution in [0.5, 0.6) is 0 Å². The van der Waals surface area contributed by atoms with E-state index in [4.69, 9.17) is 0 Å². The van der Waals surface area contributed by atoms with Gasteiger partial charge in [0.1, 0.15) is 0 Å². The highest BCUT2D eigenvalue weighted by atomic mass is 32.2. The minimum Gasteiger partial charge on any atom is -0.325 e. The first kappa shape index (κ1) is 18.1. The minimum atomic E-state index is -4.47. The van der Waals surface area contributed by atoms with Gasteiger partial charge in [0.15, 0.2) is 0 Å². The predicted molar refractivity (Wildman–Crippen MR) is 81.6 cm³/mol. The number of carbonyl (C=O) groups excluding carboxylic acids is 1. The maximum atomic E-state index is 12.3. The summed E-state index contributed by atoms with van der Waals surface area (Å²) in [4.78, 5) is 11.5. The van der Waals surface area contributed by atoms with Gasteiger partial charge < -0.3 is 5.32 Å². The molecule has 0 unspecified atom stereocenters. The van der Waals surface area contributed by atoms with Crippen LogP contribution in [0.4, 0.5) is 18.9 Å². The molecule has 2 rings (SSSR count). The van der Waals surface area contributed by atoms with E-state index < -0.39 is 39.0 Å². The maximum Gasteiger partial charge on any atom is 0.442 e. The lowest BCUT2D eigenvalue weighted by atomic mass is 10.3. The number of rotatable bonds is 5. The monoisotopic (exact) mass is 368 g/mol. The number of nitrogens with zero attached hydrogens (tertiary/aromatic N) is 1. The summed E-state index contributed by atoms with van der Waals surface area (Å²) < 4.78 is 62.0. The van der Waals surface area contributed by atoms with Crippen molar-refractivity contribution in [2.45, 2.75) is 23.2 Å². The van der Waals surface area contributed by atoms with Gasteiger partial charge in [-0.1, -0.05) is 0 Å². The largest absolute Gasteiger partial charge is 0.442 e. The van der Waals surface area contributed by atoms with E-state index in [0.29, 0.717) is 13.1 Å². The Labute approximate surface area is 136 Å². The van der Waals surface area contributed by atoms with Crippen molar-refractivity contribution in [2.75, 3.05) is 24.2 Å². The highest BCUT2D eigenvalue weighted by Gasteiger charge is 2.29. The Morgan fingerprint density at radius 2 is 1.74 bits per heavy atom. The van der Waals surface area contributed by atoms with Gasteiger partial charge in [-0.05, 0) is 48.9 Å². The molecule has 0 saturated carbocycles. The SMILES string of the molecule is O=C(CSC(F)(F)F)Nc1ccc(S(=O)(=O)N2CCCC2)cc1. The summed E-state index contributed by atoms with van der Waals surface area (Å²) in [5.41, 5.74) is -4.22. The van der Waals surface area contributed by atoms with Crippen LogP contribution in [-0.4, -0.2) is 43.0 Å². The fraction of sp³-hybridized carbons (Fsp3) is 0.462. The van der Waals surface area contributed by atoms with Crippen molar-refractivity contribution < 1.29 is 26.4 Å². The van der Waals surface area contributed by atoms with Crippen LogP contribution in [0.3, 0.4) is 0 Å². The molecule has 0 radical (unpaired) electrons. The third kappa shape index (κ3) is 5.11.